The van der Waals surface area contributed by atoms with Crippen LogP contribution in [0.1, 0.15) is 43.4 Å². The zero-order valence-electron chi connectivity index (χ0n) is 17.2. The first-order valence-corrected chi connectivity index (χ1v) is 10.6. The van der Waals surface area contributed by atoms with Gasteiger partial charge in [-0.1, -0.05) is 66.0 Å². The molecular formula is C23H28Cl2N2O2. The number of hydrogen-bond donors (Lipinski definition) is 1. The molecule has 0 fully saturated rings. The summed E-state index contributed by atoms with van der Waals surface area (Å²) in [5.74, 6) is -0.230. The summed E-state index contributed by atoms with van der Waals surface area (Å²) in [5.41, 5.74) is 3.11. The molecule has 2 amide bonds. The fraction of sp³-hybridized carbons (Fsp3) is 0.391. The lowest BCUT2D eigenvalue weighted by Gasteiger charge is -2.29. The van der Waals surface area contributed by atoms with Crippen LogP contribution in [0.4, 0.5) is 0 Å². The lowest BCUT2D eigenvalue weighted by molar-refractivity contribution is -0.140. The van der Waals surface area contributed by atoms with Crippen molar-refractivity contribution in [3.8, 4) is 0 Å². The molecule has 0 aliphatic rings. The Morgan fingerprint density at radius 3 is 2.31 bits per heavy atom. The molecule has 2 aromatic carbocycles. The molecule has 0 spiro atoms. The molecule has 29 heavy (non-hydrogen) atoms. The molecule has 0 radical (unpaired) electrons. The number of halogens is 2. The van der Waals surface area contributed by atoms with Crippen molar-refractivity contribution in [1.82, 2.24) is 10.2 Å². The van der Waals surface area contributed by atoms with Crippen molar-refractivity contribution in [2.45, 2.75) is 52.6 Å². The highest BCUT2D eigenvalue weighted by Gasteiger charge is 2.25. The van der Waals surface area contributed by atoms with Crippen LogP contribution in [0.3, 0.4) is 0 Å². The minimum absolute atomic E-state index is 0.0733. The topological polar surface area (TPSA) is 49.4 Å². The average Bonchev–Trinajstić information content (AvgIpc) is 2.71. The van der Waals surface area contributed by atoms with Crippen molar-refractivity contribution in [3.63, 3.8) is 0 Å². The van der Waals surface area contributed by atoms with E-state index in [0.29, 0.717) is 36.0 Å². The first kappa shape index (κ1) is 23.2. The molecule has 0 bridgehead atoms. The van der Waals surface area contributed by atoms with Crippen LogP contribution in [0, 0.1) is 6.92 Å². The van der Waals surface area contributed by atoms with Gasteiger partial charge in [-0.2, -0.15) is 0 Å². The van der Waals surface area contributed by atoms with Crippen LogP contribution < -0.4 is 5.32 Å². The minimum Gasteiger partial charge on any atom is -0.354 e. The van der Waals surface area contributed by atoms with Gasteiger partial charge < -0.3 is 10.2 Å². The first-order valence-electron chi connectivity index (χ1n) is 9.88. The molecular weight excluding hydrogens is 407 g/mol. The fourth-order valence-corrected chi connectivity index (χ4v) is 3.28. The average molecular weight is 435 g/mol. The maximum atomic E-state index is 13.0. The van der Waals surface area contributed by atoms with E-state index in [0.717, 1.165) is 17.5 Å². The molecule has 156 valence electrons. The smallest absolute Gasteiger partial charge is 0.242 e. The summed E-state index contributed by atoms with van der Waals surface area (Å²) in [6.07, 6.45) is 1.79. The molecule has 0 heterocycles. The summed E-state index contributed by atoms with van der Waals surface area (Å²) in [6.45, 7) is 6.66. The Bertz CT molecular complexity index is 837. The third-order valence-electron chi connectivity index (χ3n) is 4.80. The zero-order chi connectivity index (χ0) is 21.4. The van der Waals surface area contributed by atoms with Gasteiger partial charge in [0.15, 0.2) is 0 Å². The Morgan fingerprint density at radius 1 is 1.03 bits per heavy atom. The Balaban J connectivity index is 2.15. The number of benzene rings is 2. The van der Waals surface area contributed by atoms with E-state index in [-0.39, 0.29) is 11.8 Å². The molecule has 2 aromatic rings. The van der Waals surface area contributed by atoms with Crippen LogP contribution in [-0.4, -0.2) is 29.3 Å². The predicted octanol–water partition coefficient (Wildman–Crippen LogP) is 5.18. The molecule has 0 saturated carbocycles. The van der Waals surface area contributed by atoms with E-state index in [1.165, 1.54) is 5.56 Å². The van der Waals surface area contributed by atoms with Gasteiger partial charge >= 0.3 is 0 Å². The second-order valence-corrected chi connectivity index (χ2v) is 8.04. The van der Waals surface area contributed by atoms with Gasteiger partial charge in [0.05, 0.1) is 10.0 Å². The van der Waals surface area contributed by atoms with Gasteiger partial charge in [0.1, 0.15) is 6.04 Å². The summed E-state index contributed by atoms with van der Waals surface area (Å²) in [5, 5.41) is 3.76. The number of nitrogens with zero attached hydrogens (tertiary/aromatic N) is 1. The summed E-state index contributed by atoms with van der Waals surface area (Å²) >= 11 is 12.1. The number of hydrogen-bond acceptors (Lipinski definition) is 2. The standard InChI is InChI=1S/C23H28Cl2N2O2/c1-4-13-26-23(29)17(3)27(15-19-9-11-20(24)21(25)14-19)22(28)12-10-18-7-5-16(2)6-8-18/h5-9,11,14,17H,4,10,12-13,15H2,1-3H3,(H,26,29). The molecule has 2 rings (SSSR count). The summed E-state index contributed by atoms with van der Waals surface area (Å²) in [6, 6.07) is 12.8. The Labute approximate surface area is 183 Å². The van der Waals surface area contributed by atoms with Gasteiger partial charge in [-0.25, -0.2) is 0 Å². The van der Waals surface area contributed by atoms with E-state index in [2.05, 4.69) is 5.32 Å². The summed E-state index contributed by atoms with van der Waals surface area (Å²) in [4.78, 5) is 27.2. The molecule has 0 aliphatic carbocycles. The van der Waals surface area contributed by atoms with E-state index in [1.54, 1.807) is 24.0 Å². The van der Waals surface area contributed by atoms with Crippen LogP contribution in [0.5, 0.6) is 0 Å². The number of amides is 2. The SMILES string of the molecule is CCCNC(=O)C(C)N(Cc1ccc(Cl)c(Cl)c1)C(=O)CCc1ccc(C)cc1. The predicted molar refractivity (Wildman–Crippen MR) is 119 cm³/mol. The number of aryl methyl sites for hydroxylation is 2. The monoisotopic (exact) mass is 434 g/mol. The van der Waals surface area contributed by atoms with Gasteiger partial charge in [-0.15, -0.1) is 0 Å². The lowest BCUT2D eigenvalue weighted by atomic mass is 10.1. The van der Waals surface area contributed by atoms with Crippen molar-refractivity contribution in [2.75, 3.05) is 6.54 Å². The third-order valence-corrected chi connectivity index (χ3v) is 5.54. The molecule has 0 aromatic heterocycles. The quantitative estimate of drug-likeness (QED) is 0.590. The van der Waals surface area contributed by atoms with Gasteiger partial charge in [-0.05, 0) is 49.9 Å². The second-order valence-electron chi connectivity index (χ2n) is 7.22. The Kier molecular flexibility index (Phi) is 8.99. The van der Waals surface area contributed by atoms with E-state index >= 15 is 0 Å². The second kappa shape index (κ2) is 11.2. The maximum Gasteiger partial charge on any atom is 0.242 e. The molecule has 1 unspecified atom stereocenters. The molecule has 0 saturated heterocycles. The summed E-state index contributed by atoms with van der Waals surface area (Å²) in [7, 11) is 0. The maximum absolute atomic E-state index is 13.0. The van der Waals surface area contributed by atoms with Gasteiger partial charge in [0.25, 0.3) is 0 Å². The first-order chi connectivity index (χ1) is 13.8. The molecule has 6 heteroatoms. The van der Waals surface area contributed by atoms with Gasteiger partial charge in [0, 0.05) is 19.5 Å². The van der Waals surface area contributed by atoms with Gasteiger partial charge in [0.2, 0.25) is 11.8 Å². The lowest BCUT2D eigenvalue weighted by Crippen LogP contribution is -2.47. The van der Waals surface area contributed by atoms with Crippen LogP contribution >= 0.6 is 23.2 Å². The third kappa shape index (κ3) is 7.06. The number of carbonyl (C=O) groups excluding carboxylic acids is 2. The minimum atomic E-state index is -0.582. The fourth-order valence-electron chi connectivity index (χ4n) is 2.96. The Hall–Kier alpha value is -2.04. The van der Waals surface area contributed by atoms with Crippen LogP contribution in [0.25, 0.3) is 0 Å². The summed E-state index contributed by atoms with van der Waals surface area (Å²) < 4.78 is 0. The van der Waals surface area contributed by atoms with Crippen molar-refractivity contribution >= 4 is 35.0 Å². The molecule has 0 aliphatic heterocycles. The van der Waals surface area contributed by atoms with Crippen molar-refractivity contribution < 1.29 is 9.59 Å². The van der Waals surface area contributed by atoms with Crippen molar-refractivity contribution in [2.24, 2.45) is 0 Å². The molecule has 4 nitrogen and oxygen atoms in total. The van der Waals surface area contributed by atoms with Crippen LogP contribution in [-0.2, 0) is 22.6 Å². The normalized spacial score (nSPS) is 11.8. The highest BCUT2D eigenvalue weighted by molar-refractivity contribution is 6.42. The highest BCUT2D eigenvalue weighted by Crippen LogP contribution is 2.24. The molecule has 1 N–H and O–H groups in total. The van der Waals surface area contributed by atoms with Crippen LogP contribution in [0.15, 0.2) is 42.5 Å². The van der Waals surface area contributed by atoms with E-state index in [4.69, 9.17) is 23.2 Å². The number of rotatable bonds is 9. The van der Waals surface area contributed by atoms with E-state index in [9.17, 15) is 9.59 Å². The van der Waals surface area contributed by atoms with Crippen molar-refractivity contribution in [3.05, 3.63) is 69.2 Å². The van der Waals surface area contributed by atoms with E-state index in [1.807, 2.05) is 44.2 Å². The number of carbonyl (C=O) groups is 2. The number of nitrogens with one attached hydrogen (secondary N) is 1. The van der Waals surface area contributed by atoms with Crippen LogP contribution in [0.2, 0.25) is 10.0 Å². The zero-order valence-corrected chi connectivity index (χ0v) is 18.7. The molecule has 1 atom stereocenters. The van der Waals surface area contributed by atoms with E-state index < -0.39 is 6.04 Å². The Morgan fingerprint density at radius 2 is 1.69 bits per heavy atom. The highest BCUT2D eigenvalue weighted by atomic mass is 35.5. The van der Waals surface area contributed by atoms with Gasteiger partial charge in [-0.3, -0.25) is 9.59 Å². The van der Waals surface area contributed by atoms with Crippen molar-refractivity contribution in [1.29, 1.82) is 0 Å². The largest absolute Gasteiger partial charge is 0.354 e.